The standard InChI is InChI=1S/C14H20F3NO2S/c1-8(2)10(9(3)4)7-18-21(19,20)12-6-5-11(15)13(16)14(12)17/h5-6,8-10,18H,7H2,1-4H3. The normalized spacial score (nSPS) is 12.7. The highest BCUT2D eigenvalue weighted by molar-refractivity contribution is 7.89. The van der Waals surface area contributed by atoms with Crippen LogP contribution in [-0.4, -0.2) is 15.0 Å². The van der Waals surface area contributed by atoms with Gasteiger partial charge in [-0.25, -0.2) is 26.3 Å². The molecular formula is C14H20F3NO2S. The Morgan fingerprint density at radius 3 is 2.00 bits per heavy atom. The first-order chi connectivity index (χ1) is 9.58. The molecule has 0 heterocycles. The van der Waals surface area contributed by atoms with E-state index >= 15 is 0 Å². The van der Waals surface area contributed by atoms with Crippen LogP contribution in [0.1, 0.15) is 27.7 Å². The Balaban J connectivity index is 3.00. The zero-order valence-electron chi connectivity index (χ0n) is 12.5. The van der Waals surface area contributed by atoms with E-state index in [4.69, 9.17) is 0 Å². The van der Waals surface area contributed by atoms with E-state index < -0.39 is 32.4 Å². The Bertz CT molecular complexity index is 592. The first-order valence-corrected chi connectivity index (χ1v) is 8.19. The van der Waals surface area contributed by atoms with Crippen molar-refractivity contribution in [3.8, 4) is 0 Å². The molecule has 21 heavy (non-hydrogen) atoms. The first-order valence-electron chi connectivity index (χ1n) is 6.71. The third-order valence-corrected chi connectivity index (χ3v) is 4.95. The summed E-state index contributed by atoms with van der Waals surface area (Å²) in [6.45, 7) is 7.93. The van der Waals surface area contributed by atoms with Crippen molar-refractivity contribution >= 4 is 10.0 Å². The van der Waals surface area contributed by atoms with E-state index in [0.29, 0.717) is 6.07 Å². The van der Waals surface area contributed by atoms with Crippen molar-refractivity contribution in [2.75, 3.05) is 6.54 Å². The fourth-order valence-corrected chi connectivity index (χ4v) is 3.38. The van der Waals surface area contributed by atoms with Gasteiger partial charge in [-0.1, -0.05) is 27.7 Å². The molecule has 0 aliphatic rings. The number of benzene rings is 1. The Morgan fingerprint density at radius 1 is 1.00 bits per heavy atom. The summed E-state index contributed by atoms with van der Waals surface area (Å²) in [7, 11) is -4.22. The Morgan fingerprint density at radius 2 is 1.52 bits per heavy atom. The van der Waals surface area contributed by atoms with Gasteiger partial charge in [-0.2, -0.15) is 0 Å². The molecule has 0 amide bonds. The van der Waals surface area contributed by atoms with Crippen LogP contribution in [0.4, 0.5) is 13.2 Å². The second-order valence-electron chi connectivity index (χ2n) is 5.68. The van der Waals surface area contributed by atoms with E-state index in [-0.39, 0.29) is 24.3 Å². The summed E-state index contributed by atoms with van der Waals surface area (Å²) < 4.78 is 65.9. The molecule has 0 saturated heterocycles. The van der Waals surface area contributed by atoms with E-state index in [1.165, 1.54) is 0 Å². The highest BCUT2D eigenvalue weighted by Crippen LogP contribution is 2.22. The van der Waals surface area contributed by atoms with Crippen molar-refractivity contribution in [3.05, 3.63) is 29.6 Å². The number of hydrogen-bond donors (Lipinski definition) is 1. The quantitative estimate of drug-likeness (QED) is 0.817. The fourth-order valence-electron chi connectivity index (χ4n) is 2.24. The van der Waals surface area contributed by atoms with Crippen molar-refractivity contribution in [1.82, 2.24) is 4.72 Å². The molecule has 0 unspecified atom stereocenters. The van der Waals surface area contributed by atoms with E-state index in [1.54, 1.807) is 0 Å². The van der Waals surface area contributed by atoms with Crippen molar-refractivity contribution in [2.45, 2.75) is 32.6 Å². The second kappa shape index (κ2) is 6.79. The van der Waals surface area contributed by atoms with Crippen LogP contribution in [0.15, 0.2) is 17.0 Å². The van der Waals surface area contributed by atoms with Crippen LogP contribution >= 0.6 is 0 Å². The average Bonchev–Trinajstić information content (AvgIpc) is 2.34. The summed E-state index contributed by atoms with van der Waals surface area (Å²) in [5.41, 5.74) is 0. The predicted octanol–water partition coefficient (Wildman–Crippen LogP) is 3.31. The molecule has 3 nitrogen and oxygen atoms in total. The van der Waals surface area contributed by atoms with Gasteiger partial charge in [-0.05, 0) is 29.9 Å². The van der Waals surface area contributed by atoms with Crippen LogP contribution in [0.2, 0.25) is 0 Å². The Kier molecular flexibility index (Phi) is 5.81. The molecule has 1 N–H and O–H groups in total. The van der Waals surface area contributed by atoms with Crippen LogP contribution < -0.4 is 4.72 Å². The molecule has 0 aromatic heterocycles. The van der Waals surface area contributed by atoms with Crippen LogP contribution in [-0.2, 0) is 10.0 Å². The number of sulfonamides is 1. The topological polar surface area (TPSA) is 46.2 Å². The molecule has 0 fully saturated rings. The zero-order chi connectivity index (χ0) is 16.4. The van der Waals surface area contributed by atoms with Crippen LogP contribution in [0.3, 0.4) is 0 Å². The monoisotopic (exact) mass is 323 g/mol. The summed E-state index contributed by atoms with van der Waals surface area (Å²) in [5.74, 6) is -4.41. The molecule has 0 bridgehead atoms. The second-order valence-corrected chi connectivity index (χ2v) is 7.41. The van der Waals surface area contributed by atoms with Gasteiger partial charge in [-0.15, -0.1) is 0 Å². The summed E-state index contributed by atoms with van der Waals surface area (Å²) >= 11 is 0. The van der Waals surface area contributed by atoms with Gasteiger partial charge in [0, 0.05) is 6.54 Å². The number of rotatable bonds is 6. The van der Waals surface area contributed by atoms with Gasteiger partial charge in [0.1, 0.15) is 4.90 Å². The zero-order valence-corrected chi connectivity index (χ0v) is 13.3. The van der Waals surface area contributed by atoms with Crippen molar-refractivity contribution in [1.29, 1.82) is 0 Å². The molecule has 1 aromatic carbocycles. The lowest BCUT2D eigenvalue weighted by Gasteiger charge is -2.25. The largest absolute Gasteiger partial charge is 0.243 e. The van der Waals surface area contributed by atoms with Gasteiger partial charge >= 0.3 is 0 Å². The third-order valence-electron chi connectivity index (χ3n) is 3.51. The summed E-state index contributed by atoms with van der Waals surface area (Å²) in [6.07, 6.45) is 0. The molecule has 0 aliphatic carbocycles. The van der Waals surface area contributed by atoms with Crippen LogP contribution in [0.5, 0.6) is 0 Å². The number of halogens is 3. The minimum Gasteiger partial charge on any atom is -0.211 e. The minimum atomic E-state index is -4.22. The molecule has 1 rings (SSSR count). The lowest BCUT2D eigenvalue weighted by atomic mass is 9.86. The lowest BCUT2D eigenvalue weighted by Crippen LogP contribution is -2.34. The average molecular weight is 323 g/mol. The van der Waals surface area contributed by atoms with Crippen molar-refractivity contribution < 1.29 is 21.6 Å². The van der Waals surface area contributed by atoms with E-state index in [1.807, 2.05) is 27.7 Å². The van der Waals surface area contributed by atoms with E-state index in [9.17, 15) is 21.6 Å². The maximum absolute atomic E-state index is 13.6. The molecule has 0 spiro atoms. The molecule has 0 saturated carbocycles. The molecular weight excluding hydrogens is 303 g/mol. The molecule has 120 valence electrons. The smallest absolute Gasteiger partial charge is 0.211 e. The molecule has 0 aliphatic heterocycles. The van der Waals surface area contributed by atoms with Gasteiger partial charge in [0.15, 0.2) is 17.5 Å². The highest BCUT2D eigenvalue weighted by Gasteiger charge is 2.26. The van der Waals surface area contributed by atoms with Crippen molar-refractivity contribution in [3.63, 3.8) is 0 Å². The molecule has 0 radical (unpaired) electrons. The fraction of sp³-hybridized carbons (Fsp3) is 0.571. The summed E-state index contributed by atoms with van der Waals surface area (Å²) in [4.78, 5) is -0.882. The van der Waals surface area contributed by atoms with E-state index in [2.05, 4.69) is 4.72 Å². The molecule has 7 heteroatoms. The number of nitrogens with one attached hydrogen (secondary N) is 1. The van der Waals surface area contributed by atoms with Gasteiger partial charge < -0.3 is 0 Å². The Labute approximate surface area is 123 Å². The summed E-state index contributed by atoms with van der Waals surface area (Å²) in [5, 5.41) is 0. The molecule has 1 aromatic rings. The first kappa shape index (κ1) is 18.0. The minimum absolute atomic E-state index is 0.0492. The van der Waals surface area contributed by atoms with Crippen molar-refractivity contribution in [2.24, 2.45) is 17.8 Å². The third kappa shape index (κ3) is 4.20. The Hall–Kier alpha value is -1.08. The highest BCUT2D eigenvalue weighted by atomic mass is 32.2. The van der Waals surface area contributed by atoms with Crippen LogP contribution in [0, 0.1) is 35.2 Å². The number of hydrogen-bond acceptors (Lipinski definition) is 2. The maximum Gasteiger partial charge on any atom is 0.243 e. The van der Waals surface area contributed by atoms with Crippen LogP contribution in [0.25, 0.3) is 0 Å². The summed E-state index contributed by atoms with van der Waals surface area (Å²) in [6, 6.07) is 1.31. The van der Waals surface area contributed by atoms with Gasteiger partial charge in [0.05, 0.1) is 0 Å². The maximum atomic E-state index is 13.6. The van der Waals surface area contributed by atoms with Gasteiger partial charge in [0.2, 0.25) is 10.0 Å². The van der Waals surface area contributed by atoms with Gasteiger partial charge in [0.25, 0.3) is 0 Å². The lowest BCUT2D eigenvalue weighted by molar-refractivity contribution is 0.289. The van der Waals surface area contributed by atoms with Gasteiger partial charge in [-0.3, -0.25) is 0 Å². The predicted molar refractivity (Wildman–Crippen MR) is 74.7 cm³/mol. The molecule has 0 atom stereocenters. The van der Waals surface area contributed by atoms with E-state index in [0.717, 1.165) is 6.07 Å². The SMILES string of the molecule is CC(C)C(CNS(=O)(=O)c1ccc(F)c(F)c1F)C(C)C.